The molecule has 2 heterocycles. The molecule has 0 amide bonds. The van der Waals surface area contributed by atoms with Crippen molar-refractivity contribution in [3.05, 3.63) is 34.0 Å². The molecule has 10 heteroatoms. The lowest BCUT2D eigenvalue weighted by Gasteiger charge is -2.18. The molecule has 0 bridgehead atoms. The van der Waals surface area contributed by atoms with Gasteiger partial charge in [0.15, 0.2) is 11.8 Å². The number of rotatable bonds is 8. The summed E-state index contributed by atoms with van der Waals surface area (Å²) >= 11 is 1.67. The Kier molecular flexibility index (Phi) is 7.15. The van der Waals surface area contributed by atoms with E-state index in [2.05, 4.69) is 31.9 Å². The van der Waals surface area contributed by atoms with Crippen molar-refractivity contribution in [1.82, 2.24) is 25.4 Å². The van der Waals surface area contributed by atoms with Gasteiger partial charge in [0.2, 0.25) is 0 Å². The molecule has 2 aromatic heterocycles. The molecule has 0 aliphatic carbocycles. The second-order valence-electron chi connectivity index (χ2n) is 6.28. The van der Waals surface area contributed by atoms with Gasteiger partial charge in [-0.3, -0.25) is 0 Å². The van der Waals surface area contributed by atoms with Crippen molar-refractivity contribution in [3.63, 3.8) is 0 Å². The monoisotopic (exact) mass is 398 g/mol. The second-order valence-corrected chi connectivity index (χ2v) is 9.58. The first-order valence-corrected chi connectivity index (χ1v) is 11.3. The molecule has 0 spiro atoms. The van der Waals surface area contributed by atoms with Crippen molar-refractivity contribution < 1.29 is 8.42 Å². The number of aliphatic imine (C=N–C) groups is 1. The lowest BCUT2D eigenvalue weighted by Crippen LogP contribution is -2.42. The van der Waals surface area contributed by atoms with Gasteiger partial charge in [-0.15, -0.1) is 21.5 Å². The van der Waals surface area contributed by atoms with E-state index in [1.807, 2.05) is 36.9 Å². The maximum atomic E-state index is 11.4. The predicted octanol–water partition coefficient (Wildman–Crippen LogP) is 1.24. The number of sulfone groups is 1. The lowest BCUT2D eigenvalue weighted by molar-refractivity contribution is 0.580. The Bertz CT molecular complexity index is 827. The fourth-order valence-corrected chi connectivity index (χ4v) is 3.60. The second kappa shape index (κ2) is 9.13. The number of hydrogen-bond donors (Lipinski definition) is 2. The quantitative estimate of drug-likeness (QED) is 0.513. The minimum absolute atomic E-state index is 0.0273. The summed E-state index contributed by atoms with van der Waals surface area (Å²) in [7, 11) is -1.08. The van der Waals surface area contributed by atoms with Gasteiger partial charge >= 0.3 is 0 Å². The highest BCUT2D eigenvalue weighted by Crippen LogP contribution is 2.07. The van der Waals surface area contributed by atoms with Gasteiger partial charge in [0, 0.05) is 24.2 Å². The molecular formula is C16H26N6O2S2. The van der Waals surface area contributed by atoms with Crippen molar-refractivity contribution in [2.45, 2.75) is 39.4 Å². The summed E-state index contributed by atoms with van der Waals surface area (Å²) in [6.07, 6.45) is 1.77. The van der Waals surface area contributed by atoms with Gasteiger partial charge in [0.25, 0.3) is 0 Å². The molecule has 144 valence electrons. The molecule has 2 aromatic rings. The largest absolute Gasteiger partial charge is 0.354 e. The van der Waals surface area contributed by atoms with Crippen LogP contribution in [0.3, 0.4) is 0 Å². The van der Waals surface area contributed by atoms with Crippen molar-refractivity contribution >= 4 is 27.1 Å². The standard InChI is InChI=1S/C16H26N6O2S2/c1-12(7-9-26(4,23)24)19-16(17-10-14-6-5-8-25-14)18-11-15-21-20-13(2)22(15)3/h5-6,8,12H,7,9-11H2,1-4H3,(H2,17,18,19). The summed E-state index contributed by atoms with van der Waals surface area (Å²) in [5.74, 6) is 2.36. The van der Waals surface area contributed by atoms with Crippen LogP contribution in [-0.4, -0.2) is 47.2 Å². The van der Waals surface area contributed by atoms with E-state index >= 15 is 0 Å². The molecule has 0 aliphatic heterocycles. The number of nitrogens with zero attached hydrogens (tertiary/aromatic N) is 4. The van der Waals surface area contributed by atoms with E-state index in [1.165, 1.54) is 11.1 Å². The van der Waals surface area contributed by atoms with E-state index < -0.39 is 9.84 Å². The number of nitrogens with one attached hydrogen (secondary N) is 2. The Morgan fingerprint density at radius 2 is 2.19 bits per heavy atom. The van der Waals surface area contributed by atoms with Gasteiger partial charge in [0.05, 0.1) is 12.3 Å². The van der Waals surface area contributed by atoms with Gasteiger partial charge < -0.3 is 15.2 Å². The summed E-state index contributed by atoms with van der Waals surface area (Å²) in [6.45, 7) is 4.87. The summed E-state index contributed by atoms with van der Waals surface area (Å²) < 4.78 is 24.6. The minimum atomic E-state index is -2.98. The SMILES string of the molecule is Cc1nnc(CN=C(NCc2cccs2)NC(C)CCS(C)(=O)=O)n1C. The molecule has 1 atom stereocenters. The maximum absolute atomic E-state index is 11.4. The van der Waals surface area contributed by atoms with E-state index in [4.69, 9.17) is 0 Å². The molecule has 0 radical (unpaired) electrons. The van der Waals surface area contributed by atoms with Gasteiger partial charge in [-0.05, 0) is 31.7 Å². The number of aromatic nitrogens is 3. The maximum Gasteiger partial charge on any atom is 0.192 e. The van der Waals surface area contributed by atoms with Gasteiger partial charge in [-0.25, -0.2) is 13.4 Å². The highest BCUT2D eigenvalue weighted by atomic mass is 32.2. The van der Waals surface area contributed by atoms with Crippen molar-refractivity contribution in [2.75, 3.05) is 12.0 Å². The fraction of sp³-hybridized carbons (Fsp3) is 0.562. The average Bonchev–Trinajstić information content (AvgIpc) is 3.19. The van der Waals surface area contributed by atoms with Crippen LogP contribution in [0.5, 0.6) is 0 Å². The Morgan fingerprint density at radius 1 is 1.42 bits per heavy atom. The number of guanidine groups is 1. The van der Waals surface area contributed by atoms with Crippen LogP contribution in [-0.2, 0) is 30.0 Å². The summed E-state index contributed by atoms with van der Waals surface area (Å²) in [5, 5.41) is 16.7. The van der Waals surface area contributed by atoms with E-state index in [0.717, 1.165) is 11.6 Å². The zero-order valence-corrected chi connectivity index (χ0v) is 17.2. The van der Waals surface area contributed by atoms with Crippen LogP contribution < -0.4 is 10.6 Å². The molecule has 0 aliphatic rings. The fourth-order valence-electron chi connectivity index (χ4n) is 2.17. The Labute approximate surface area is 158 Å². The van der Waals surface area contributed by atoms with Gasteiger partial charge in [-0.1, -0.05) is 6.07 Å². The zero-order valence-electron chi connectivity index (χ0n) is 15.6. The minimum Gasteiger partial charge on any atom is -0.354 e. The van der Waals surface area contributed by atoms with Crippen LogP contribution >= 0.6 is 11.3 Å². The zero-order chi connectivity index (χ0) is 19.2. The third-order valence-electron chi connectivity index (χ3n) is 3.88. The molecule has 1 unspecified atom stereocenters. The molecule has 8 nitrogen and oxygen atoms in total. The lowest BCUT2D eigenvalue weighted by atomic mass is 10.3. The molecular weight excluding hydrogens is 372 g/mol. The van der Waals surface area contributed by atoms with E-state index in [-0.39, 0.29) is 11.8 Å². The number of aryl methyl sites for hydroxylation is 1. The third-order valence-corrected chi connectivity index (χ3v) is 5.73. The van der Waals surface area contributed by atoms with E-state index in [9.17, 15) is 8.42 Å². The summed E-state index contributed by atoms with van der Waals surface area (Å²) in [4.78, 5) is 5.77. The topological polar surface area (TPSA) is 101 Å². The van der Waals surface area contributed by atoms with Gasteiger partial charge in [0.1, 0.15) is 22.2 Å². The molecule has 2 N–H and O–H groups in total. The summed E-state index contributed by atoms with van der Waals surface area (Å²) in [6, 6.07) is 4.03. The molecule has 0 fully saturated rings. The first kappa shape index (κ1) is 20.4. The van der Waals surface area contributed by atoms with E-state index in [0.29, 0.717) is 25.5 Å². The third kappa shape index (κ3) is 6.75. The average molecular weight is 399 g/mol. The Hall–Kier alpha value is -1.94. The highest BCUT2D eigenvalue weighted by molar-refractivity contribution is 7.90. The smallest absolute Gasteiger partial charge is 0.192 e. The first-order chi connectivity index (χ1) is 12.2. The van der Waals surface area contributed by atoms with Crippen LogP contribution in [0.2, 0.25) is 0 Å². The van der Waals surface area contributed by atoms with Crippen LogP contribution in [0.1, 0.15) is 29.9 Å². The highest BCUT2D eigenvalue weighted by Gasteiger charge is 2.11. The van der Waals surface area contributed by atoms with Crippen LogP contribution in [0, 0.1) is 6.92 Å². The number of hydrogen-bond acceptors (Lipinski definition) is 6. The Balaban J connectivity index is 2.02. The van der Waals surface area contributed by atoms with Crippen LogP contribution in [0.25, 0.3) is 0 Å². The molecule has 2 rings (SSSR count). The first-order valence-electron chi connectivity index (χ1n) is 8.34. The van der Waals surface area contributed by atoms with Crippen LogP contribution in [0.4, 0.5) is 0 Å². The van der Waals surface area contributed by atoms with Crippen molar-refractivity contribution in [2.24, 2.45) is 12.0 Å². The molecule has 0 saturated carbocycles. The molecule has 26 heavy (non-hydrogen) atoms. The molecule has 0 saturated heterocycles. The van der Waals surface area contributed by atoms with Crippen molar-refractivity contribution in [3.8, 4) is 0 Å². The molecule has 0 aromatic carbocycles. The summed E-state index contributed by atoms with van der Waals surface area (Å²) in [5.41, 5.74) is 0. The van der Waals surface area contributed by atoms with Crippen molar-refractivity contribution in [1.29, 1.82) is 0 Å². The van der Waals surface area contributed by atoms with Crippen LogP contribution in [0.15, 0.2) is 22.5 Å². The predicted molar refractivity (Wildman–Crippen MR) is 105 cm³/mol. The number of thiophene rings is 1. The normalized spacial score (nSPS) is 13.6. The van der Waals surface area contributed by atoms with Gasteiger partial charge in [-0.2, -0.15) is 0 Å². The van der Waals surface area contributed by atoms with E-state index in [1.54, 1.807) is 11.3 Å². The Morgan fingerprint density at radius 3 is 2.77 bits per heavy atom.